The minimum absolute atomic E-state index is 0.572. The number of ether oxygens (including phenoxy) is 5. The van der Waals surface area contributed by atoms with E-state index in [4.69, 9.17) is 23.7 Å². The molecule has 6 nitrogen and oxygen atoms in total. The van der Waals surface area contributed by atoms with E-state index in [0.717, 1.165) is 28.8 Å². The molecular formula is C27H27NO5. The average Bonchev–Trinajstić information content (AvgIpc) is 2.85. The fourth-order valence-electron chi connectivity index (χ4n) is 3.34. The Bertz CT molecular complexity index is 1190. The quantitative estimate of drug-likeness (QED) is 0.271. The lowest BCUT2D eigenvalue weighted by molar-refractivity contribution is 0.247. The largest absolute Gasteiger partial charge is 0.493 e. The molecule has 0 aliphatic heterocycles. The van der Waals surface area contributed by atoms with Crippen molar-refractivity contribution in [3.8, 4) is 34.5 Å². The van der Waals surface area contributed by atoms with Crippen LogP contribution in [0.2, 0.25) is 0 Å². The summed E-state index contributed by atoms with van der Waals surface area (Å²) < 4.78 is 28.4. The van der Waals surface area contributed by atoms with Crippen LogP contribution >= 0.6 is 0 Å². The van der Waals surface area contributed by atoms with Crippen molar-refractivity contribution in [1.82, 2.24) is 4.98 Å². The van der Waals surface area contributed by atoms with Crippen LogP contribution in [0.5, 0.6) is 34.5 Å². The van der Waals surface area contributed by atoms with Crippen LogP contribution in [-0.2, 0) is 0 Å². The maximum atomic E-state index is 6.11. The Hall–Kier alpha value is -3.93. The zero-order chi connectivity index (χ0) is 23.0. The van der Waals surface area contributed by atoms with E-state index >= 15 is 0 Å². The van der Waals surface area contributed by atoms with E-state index in [9.17, 15) is 0 Å². The normalized spacial score (nSPS) is 10.6. The molecule has 4 rings (SSSR count). The Morgan fingerprint density at radius 2 is 1.24 bits per heavy atom. The molecule has 4 aromatic rings. The van der Waals surface area contributed by atoms with Gasteiger partial charge >= 0.3 is 0 Å². The van der Waals surface area contributed by atoms with Crippen LogP contribution in [0.1, 0.15) is 12.0 Å². The Balaban J connectivity index is 1.33. The first kappa shape index (κ1) is 22.3. The molecule has 0 saturated heterocycles. The first-order valence-electron chi connectivity index (χ1n) is 10.8. The van der Waals surface area contributed by atoms with E-state index < -0.39 is 0 Å². The number of aryl methyl sites for hydroxylation is 1. The summed E-state index contributed by atoms with van der Waals surface area (Å²) in [6.07, 6.45) is 2.50. The molecule has 3 aromatic carbocycles. The zero-order valence-corrected chi connectivity index (χ0v) is 19.0. The lowest BCUT2D eigenvalue weighted by Crippen LogP contribution is -2.04. The summed E-state index contributed by atoms with van der Waals surface area (Å²) in [5.74, 6) is 4.29. The fourth-order valence-corrected chi connectivity index (χ4v) is 3.34. The summed E-state index contributed by atoms with van der Waals surface area (Å²) in [5, 5.41) is 0.837. The molecular weight excluding hydrogens is 418 g/mol. The summed E-state index contributed by atoms with van der Waals surface area (Å²) in [7, 11) is 3.21. The van der Waals surface area contributed by atoms with Gasteiger partial charge in [-0.25, -0.2) is 0 Å². The van der Waals surface area contributed by atoms with Gasteiger partial charge in [-0.2, -0.15) is 0 Å². The van der Waals surface area contributed by atoms with Gasteiger partial charge in [0.15, 0.2) is 11.5 Å². The molecule has 0 N–H and O–H groups in total. The van der Waals surface area contributed by atoms with Crippen molar-refractivity contribution in [2.75, 3.05) is 27.4 Å². The van der Waals surface area contributed by atoms with Crippen LogP contribution < -0.4 is 23.7 Å². The van der Waals surface area contributed by atoms with Gasteiger partial charge in [0.25, 0.3) is 0 Å². The molecule has 0 atom stereocenters. The smallest absolute Gasteiger partial charge is 0.162 e. The Morgan fingerprint density at radius 1 is 0.667 bits per heavy atom. The van der Waals surface area contributed by atoms with Crippen molar-refractivity contribution >= 4 is 10.9 Å². The summed E-state index contributed by atoms with van der Waals surface area (Å²) in [6, 6.07) is 21.1. The Morgan fingerprint density at radius 3 is 1.88 bits per heavy atom. The molecule has 0 amide bonds. The SMILES string of the molecule is COc1cc2nccc(Oc3ccc(OCCCOc4ccc(C)cc4)cc3)c2cc1OC. The number of methoxy groups -OCH3 is 2. The van der Waals surface area contributed by atoms with Gasteiger partial charge in [-0.05, 0) is 55.5 Å². The van der Waals surface area contributed by atoms with Crippen molar-refractivity contribution in [2.24, 2.45) is 0 Å². The van der Waals surface area contributed by atoms with E-state index in [-0.39, 0.29) is 0 Å². The standard InChI is InChI=1S/C27H27NO5/c1-19-5-7-20(8-6-19)31-15-4-16-32-21-9-11-22(12-10-21)33-25-13-14-28-24-18-27(30-3)26(29-2)17-23(24)25/h5-14,17-18H,4,15-16H2,1-3H3. The second-order valence-electron chi connectivity index (χ2n) is 7.47. The molecule has 0 fully saturated rings. The van der Waals surface area contributed by atoms with E-state index in [1.54, 1.807) is 20.4 Å². The van der Waals surface area contributed by atoms with Crippen molar-refractivity contribution in [3.63, 3.8) is 0 Å². The van der Waals surface area contributed by atoms with Crippen molar-refractivity contribution in [3.05, 3.63) is 78.5 Å². The lowest BCUT2D eigenvalue weighted by atomic mass is 10.2. The highest BCUT2D eigenvalue weighted by Crippen LogP contribution is 2.37. The molecule has 1 heterocycles. The van der Waals surface area contributed by atoms with Crippen LogP contribution in [0.15, 0.2) is 72.9 Å². The average molecular weight is 446 g/mol. The number of rotatable bonds is 10. The van der Waals surface area contributed by atoms with E-state index in [1.165, 1.54) is 5.56 Å². The van der Waals surface area contributed by atoms with Crippen molar-refractivity contribution in [1.29, 1.82) is 0 Å². The molecule has 0 unspecified atom stereocenters. The maximum absolute atomic E-state index is 6.11. The van der Waals surface area contributed by atoms with Crippen LogP contribution in [0.4, 0.5) is 0 Å². The third kappa shape index (κ3) is 5.66. The summed E-state index contributed by atoms with van der Waals surface area (Å²) >= 11 is 0. The number of nitrogens with zero attached hydrogens (tertiary/aromatic N) is 1. The second kappa shape index (κ2) is 10.6. The number of fused-ring (bicyclic) bond motifs is 1. The van der Waals surface area contributed by atoms with Crippen LogP contribution in [-0.4, -0.2) is 32.4 Å². The molecule has 0 spiro atoms. The van der Waals surface area contributed by atoms with Crippen LogP contribution in [0, 0.1) is 6.92 Å². The first-order chi connectivity index (χ1) is 16.2. The lowest BCUT2D eigenvalue weighted by Gasteiger charge is -2.13. The molecule has 0 aliphatic rings. The van der Waals surface area contributed by atoms with Gasteiger partial charge in [0.05, 0.1) is 33.0 Å². The molecule has 0 saturated carbocycles. The molecule has 1 aromatic heterocycles. The number of pyridine rings is 1. The van der Waals surface area contributed by atoms with Crippen LogP contribution in [0.3, 0.4) is 0 Å². The predicted molar refractivity (Wildman–Crippen MR) is 128 cm³/mol. The third-order valence-corrected chi connectivity index (χ3v) is 5.11. The highest BCUT2D eigenvalue weighted by Gasteiger charge is 2.11. The summed E-state index contributed by atoms with van der Waals surface area (Å²) in [6.45, 7) is 3.23. The Kier molecular flexibility index (Phi) is 7.15. The third-order valence-electron chi connectivity index (χ3n) is 5.11. The van der Waals surface area contributed by atoms with Crippen molar-refractivity contribution < 1.29 is 23.7 Å². The number of hydrogen-bond donors (Lipinski definition) is 0. The predicted octanol–water partition coefficient (Wildman–Crippen LogP) is 6.20. The second-order valence-corrected chi connectivity index (χ2v) is 7.47. The molecule has 0 aliphatic carbocycles. The van der Waals surface area contributed by atoms with Gasteiger partial charge in [0, 0.05) is 24.1 Å². The topological polar surface area (TPSA) is 59.0 Å². The number of hydrogen-bond acceptors (Lipinski definition) is 6. The summed E-state index contributed by atoms with van der Waals surface area (Å²) in [4.78, 5) is 4.41. The zero-order valence-electron chi connectivity index (χ0n) is 19.0. The Labute approximate surface area is 193 Å². The maximum Gasteiger partial charge on any atom is 0.162 e. The van der Waals surface area contributed by atoms with Crippen molar-refractivity contribution in [2.45, 2.75) is 13.3 Å². The highest BCUT2D eigenvalue weighted by atomic mass is 16.5. The van der Waals surface area contributed by atoms with Gasteiger partial charge in [0.2, 0.25) is 0 Å². The molecule has 33 heavy (non-hydrogen) atoms. The molecule has 6 heteroatoms. The number of aromatic nitrogens is 1. The molecule has 170 valence electrons. The van der Waals surface area contributed by atoms with E-state index in [0.29, 0.717) is 36.2 Å². The fraction of sp³-hybridized carbons (Fsp3) is 0.222. The first-order valence-corrected chi connectivity index (χ1v) is 10.8. The van der Waals surface area contributed by atoms with Crippen LogP contribution in [0.25, 0.3) is 10.9 Å². The van der Waals surface area contributed by atoms with E-state index in [1.807, 2.05) is 66.7 Å². The summed E-state index contributed by atoms with van der Waals surface area (Å²) in [5.41, 5.74) is 1.98. The number of benzene rings is 3. The van der Waals surface area contributed by atoms with Gasteiger partial charge in [-0.3, -0.25) is 4.98 Å². The van der Waals surface area contributed by atoms with Gasteiger partial charge < -0.3 is 23.7 Å². The minimum atomic E-state index is 0.572. The van der Waals surface area contributed by atoms with Gasteiger partial charge in [0.1, 0.15) is 23.0 Å². The highest BCUT2D eigenvalue weighted by molar-refractivity contribution is 5.88. The van der Waals surface area contributed by atoms with E-state index in [2.05, 4.69) is 11.9 Å². The molecule has 0 radical (unpaired) electrons. The van der Waals surface area contributed by atoms with Gasteiger partial charge in [-0.15, -0.1) is 0 Å². The van der Waals surface area contributed by atoms with Gasteiger partial charge in [-0.1, -0.05) is 17.7 Å². The minimum Gasteiger partial charge on any atom is -0.493 e. The molecule has 0 bridgehead atoms. The monoisotopic (exact) mass is 445 g/mol.